The van der Waals surface area contributed by atoms with Crippen molar-refractivity contribution in [3.63, 3.8) is 0 Å². The van der Waals surface area contributed by atoms with Crippen molar-refractivity contribution in [2.24, 2.45) is 0 Å². The highest BCUT2D eigenvalue weighted by Gasteiger charge is 2.21. The molecule has 2 unspecified atom stereocenters. The Balaban J connectivity index is 4.25. The number of likely N-dealkylation sites (N-methyl/N-ethyl adjacent to an activating group) is 1. The smallest absolute Gasteiger partial charge is 0.306 e. The normalized spacial score (nSPS) is 14.4. The van der Waals surface area contributed by atoms with Crippen molar-refractivity contribution >= 4 is 19.8 Å². The molecule has 0 heterocycles. The topological polar surface area (TPSA) is 111 Å². The van der Waals surface area contributed by atoms with Gasteiger partial charge in [0.1, 0.15) is 19.8 Å². The van der Waals surface area contributed by atoms with Crippen molar-refractivity contribution in [2.75, 3.05) is 47.5 Å². The van der Waals surface area contributed by atoms with E-state index in [9.17, 15) is 19.0 Å². The summed E-state index contributed by atoms with van der Waals surface area (Å²) >= 11 is 0. The van der Waals surface area contributed by atoms with E-state index in [1.54, 1.807) is 0 Å². The first-order valence-electron chi connectivity index (χ1n) is 28.5. The number of phosphoric acid groups is 1. The van der Waals surface area contributed by atoms with Gasteiger partial charge >= 0.3 is 11.9 Å². The SMILES string of the molecule is CC/C=C\C/C=C\C/C=C\C/C=C\C/C=C\C/C=C\C/C=C\C/C=C\C/C=C\C/C=C\C/C=C\CCCCCC(=O)OC(COC(=O)CCCCCCC/C=C\CCCCCC)COP(=O)([O-])OCC[N+](C)(C)C. The van der Waals surface area contributed by atoms with Gasteiger partial charge in [0.05, 0.1) is 27.7 Å². The third-order valence-electron chi connectivity index (χ3n) is 11.3. The number of hydrogen-bond acceptors (Lipinski definition) is 8. The molecule has 0 rings (SSSR count). The Kier molecular flexibility index (Phi) is 50.7. The third-order valence-corrected chi connectivity index (χ3v) is 12.3. The Bertz CT molecular complexity index is 1760. The predicted molar refractivity (Wildman–Crippen MR) is 314 cm³/mol. The standard InChI is InChI=1S/C64H104NO8P/c1-6-8-10-12-14-16-18-20-21-22-23-24-25-26-27-28-29-30-31-32-33-34-35-36-37-38-39-40-41-42-43-45-47-49-51-53-55-57-64(67)73-62(61-72-74(68,69)71-59-58-65(3,4)5)60-70-63(66)56-54-52-50-48-46-44-19-17-15-13-11-9-7-2/h8,10,14,16-17,19-21,23-24,26-27,29-30,32-33,35-36,38-39,41-42,45,47,62H,6-7,9,11-13,15,18,22,25,28,31,34,37,40,43-44,46,48-61H2,1-5H3/b10-8-,16-14-,19-17-,21-20-,24-23-,27-26-,30-29-,33-32-,36-35-,39-38-,42-41-,47-45-. The maximum absolute atomic E-state index is 12.8. The number of quaternary nitrogens is 1. The maximum atomic E-state index is 12.8. The van der Waals surface area contributed by atoms with E-state index in [0.717, 1.165) is 122 Å². The number of allylic oxidation sites excluding steroid dienone is 24. The molecule has 0 aromatic rings. The number of nitrogens with zero attached hydrogens (tertiary/aromatic N) is 1. The summed E-state index contributed by atoms with van der Waals surface area (Å²) in [6.45, 7) is 4.02. The largest absolute Gasteiger partial charge is 0.756 e. The molecule has 0 saturated heterocycles. The van der Waals surface area contributed by atoms with E-state index in [1.165, 1.54) is 32.1 Å². The lowest BCUT2D eigenvalue weighted by molar-refractivity contribution is -0.870. The summed E-state index contributed by atoms with van der Waals surface area (Å²) in [5.74, 6) is -0.895. The molecule has 0 saturated carbocycles. The molecule has 10 heteroatoms. The highest BCUT2D eigenvalue weighted by Crippen LogP contribution is 2.38. The van der Waals surface area contributed by atoms with Crippen LogP contribution in [-0.2, 0) is 32.7 Å². The molecular weight excluding hydrogens is 942 g/mol. The van der Waals surface area contributed by atoms with Crippen molar-refractivity contribution in [1.29, 1.82) is 0 Å². The zero-order valence-electron chi connectivity index (χ0n) is 47.2. The monoisotopic (exact) mass is 1050 g/mol. The van der Waals surface area contributed by atoms with Crippen molar-refractivity contribution in [2.45, 2.75) is 200 Å². The minimum absolute atomic E-state index is 0.0468. The van der Waals surface area contributed by atoms with Gasteiger partial charge in [-0.1, -0.05) is 205 Å². The van der Waals surface area contributed by atoms with E-state index in [2.05, 4.69) is 160 Å². The van der Waals surface area contributed by atoms with Crippen molar-refractivity contribution in [3.8, 4) is 0 Å². The highest BCUT2D eigenvalue weighted by molar-refractivity contribution is 7.45. The summed E-state index contributed by atoms with van der Waals surface area (Å²) in [7, 11) is 1.12. The lowest BCUT2D eigenvalue weighted by atomic mass is 10.1. The van der Waals surface area contributed by atoms with E-state index >= 15 is 0 Å². The van der Waals surface area contributed by atoms with E-state index in [-0.39, 0.29) is 26.1 Å². The number of phosphoric ester groups is 1. The van der Waals surface area contributed by atoms with E-state index in [4.69, 9.17) is 18.5 Å². The quantitative estimate of drug-likeness (QED) is 0.0195. The van der Waals surface area contributed by atoms with Crippen LogP contribution in [0.3, 0.4) is 0 Å². The van der Waals surface area contributed by atoms with E-state index < -0.39 is 32.5 Å². The van der Waals surface area contributed by atoms with Crippen LogP contribution in [0.25, 0.3) is 0 Å². The maximum Gasteiger partial charge on any atom is 0.306 e. The van der Waals surface area contributed by atoms with Crippen molar-refractivity contribution < 1.29 is 42.1 Å². The second-order valence-corrected chi connectivity index (χ2v) is 21.0. The van der Waals surface area contributed by atoms with E-state index in [0.29, 0.717) is 23.9 Å². The Morgan fingerprint density at radius 3 is 1.18 bits per heavy atom. The molecule has 0 aliphatic carbocycles. The molecule has 0 bridgehead atoms. The number of esters is 2. The highest BCUT2D eigenvalue weighted by atomic mass is 31.2. The van der Waals surface area contributed by atoms with Gasteiger partial charge in [0.2, 0.25) is 0 Å². The molecule has 0 spiro atoms. The van der Waals surface area contributed by atoms with Gasteiger partial charge in [-0.25, -0.2) is 0 Å². The number of ether oxygens (including phenoxy) is 2. The average Bonchev–Trinajstić information content (AvgIpc) is 3.36. The minimum atomic E-state index is -4.65. The number of hydrogen-bond donors (Lipinski definition) is 0. The van der Waals surface area contributed by atoms with Crippen molar-refractivity contribution in [3.05, 3.63) is 146 Å². The third kappa shape index (κ3) is 57.2. The average molecular weight is 1050 g/mol. The second-order valence-electron chi connectivity index (χ2n) is 19.6. The van der Waals surface area contributed by atoms with Gasteiger partial charge in [0, 0.05) is 12.8 Å². The fourth-order valence-electron chi connectivity index (χ4n) is 6.95. The van der Waals surface area contributed by atoms with Crippen LogP contribution >= 0.6 is 7.82 Å². The van der Waals surface area contributed by atoms with Gasteiger partial charge < -0.3 is 27.9 Å². The molecule has 0 aromatic carbocycles. The fraction of sp³-hybridized carbons (Fsp3) is 0.594. The summed E-state index contributed by atoms with van der Waals surface area (Å²) < 4.78 is 34.0. The van der Waals surface area contributed by atoms with Crippen LogP contribution in [0.15, 0.2) is 146 Å². The Morgan fingerprint density at radius 1 is 0.432 bits per heavy atom. The first-order valence-corrected chi connectivity index (χ1v) is 30.0. The van der Waals surface area contributed by atoms with Gasteiger partial charge in [-0.3, -0.25) is 14.2 Å². The number of carbonyl (C=O) groups is 2. The summed E-state index contributed by atoms with van der Waals surface area (Å²) in [4.78, 5) is 37.7. The molecule has 0 aliphatic rings. The molecule has 0 amide bonds. The van der Waals surface area contributed by atoms with Crippen LogP contribution in [0.2, 0.25) is 0 Å². The number of unbranched alkanes of at least 4 members (excludes halogenated alkanes) is 12. The molecular formula is C64H104NO8P. The molecule has 74 heavy (non-hydrogen) atoms. The van der Waals surface area contributed by atoms with Gasteiger partial charge in [-0.15, -0.1) is 0 Å². The van der Waals surface area contributed by atoms with Crippen LogP contribution in [0.1, 0.15) is 194 Å². The second kappa shape index (κ2) is 53.7. The van der Waals surface area contributed by atoms with Crippen LogP contribution in [0.4, 0.5) is 0 Å². The zero-order valence-corrected chi connectivity index (χ0v) is 48.1. The number of carbonyl (C=O) groups excluding carboxylic acids is 2. The molecule has 0 aliphatic heterocycles. The molecule has 0 radical (unpaired) electrons. The van der Waals surface area contributed by atoms with Crippen LogP contribution in [0, 0.1) is 0 Å². The van der Waals surface area contributed by atoms with Crippen LogP contribution < -0.4 is 4.89 Å². The summed E-state index contributed by atoms with van der Waals surface area (Å²) in [6.07, 6.45) is 79.0. The van der Waals surface area contributed by atoms with Crippen LogP contribution in [-0.4, -0.2) is 70.0 Å². The lowest BCUT2D eigenvalue weighted by Gasteiger charge is -2.28. The first kappa shape index (κ1) is 69.9. The summed E-state index contributed by atoms with van der Waals surface area (Å²) in [6, 6.07) is 0. The predicted octanol–water partition coefficient (Wildman–Crippen LogP) is 17.3. The van der Waals surface area contributed by atoms with Gasteiger partial charge in [-0.05, 0) is 122 Å². The Morgan fingerprint density at radius 2 is 0.770 bits per heavy atom. The van der Waals surface area contributed by atoms with Crippen LogP contribution in [0.5, 0.6) is 0 Å². The molecule has 0 aromatic heterocycles. The minimum Gasteiger partial charge on any atom is -0.756 e. The molecule has 0 N–H and O–H groups in total. The zero-order chi connectivity index (χ0) is 54.2. The van der Waals surface area contributed by atoms with Gasteiger partial charge in [0.15, 0.2) is 6.10 Å². The summed E-state index contributed by atoms with van der Waals surface area (Å²) in [5, 5.41) is 0. The summed E-state index contributed by atoms with van der Waals surface area (Å²) in [5.41, 5.74) is 0. The molecule has 9 nitrogen and oxygen atoms in total. The molecule has 2 atom stereocenters. The number of rotatable bonds is 50. The van der Waals surface area contributed by atoms with Gasteiger partial charge in [-0.2, -0.15) is 0 Å². The molecule has 0 fully saturated rings. The van der Waals surface area contributed by atoms with Gasteiger partial charge in [0.25, 0.3) is 7.82 Å². The first-order chi connectivity index (χ1) is 36.0. The Labute approximate surface area is 453 Å². The lowest BCUT2D eigenvalue weighted by Crippen LogP contribution is -2.37. The molecule has 418 valence electrons. The Hall–Kier alpha value is -4.11. The fourth-order valence-corrected chi connectivity index (χ4v) is 7.68. The van der Waals surface area contributed by atoms with Crippen molar-refractivity contribution in [1.82, 2.24) is 0 Å². The van der Waals surface area contributed by atoms with E-state index in [1.807, 2.05) is 21.1 Å².